The van der Waals surface area contributed by atoms with Gasteiger partial charge < -0.3 is 4.74 Å². The Kier molecular flexibility index (Phi) is 7.82. The van der Waals surface area contributed by atoms with E-state index in [2.05, 4.69) is 4.72 Å². The van der Waals surface area contributed by atoms with Crippen LogP contribution in [0.2, 0.25) is 0 Å². The molecule has 11 heteroatoms. The minimum atomic E-state index is -4.01. The van der Waals surface area contributed by atoms with Gasteiger partial charge in [-0.2, -0.15) is 0 Å². The lowest BCUT2D eigenvalue weighted by atomic mass is 10.1. The maximum absolute atomic E-state index is 13.6. The topological polar surface area (TPSA) is 131 Å². The quantitative estimate of drug-likeness (QED) is 0.339. The van der Waals surface area contributed by atoms with E-state index in [1.54, 1.807) is 25.1 Å². The second kappa shape index (κ2) is 10.8. The smallest absolute Gasteiger partial charge is 0.338 e. The van der Waals surface area contributed by atoms with Crippen LogP contribution in [0.15, 0.2) is 71.6 Å². The van der Waals surface area contributed by atoms with Crippen molar-refractivity contribution in [3.63, 3.8) is 0 Å². The molecule has 0 aliphatic heterocycles. The van der Waals surface area contributed by atoms with E-state index in [1.165, 1.54) is 30.3 Å². The number of aryl methyl sites for hydroxylation is 2. The molecular weight excluding hydrogens is 477 g/mol. The standard InChI is InChI=1S/C24H22FN3O6S/c1-15-6-5-7-18(12-15)28-35(32,33)21-13-17(11-10-16(21)2)24(31)34-14-22(29)26-27-23(30)19-8-3-4-9-20(19)25/h3-13,28H,14H2,1-2H3,(H,26,29)(H,27,30). The Labute approximate surface area is 201 Å². The van der Waals surface area contributed by atoms with Crippen molar-refractivity contribution in [2.45, 2.75) is 18.7 Å². The van der Waals surface area contributed by atoms with Gasteiger partial charge in [-0.05, 0) is 61.4 Å². The maximum Gasteiger partial charge on any atom is 0.338 e. The third-order valence-corrected chi connectivity index (χ3v) is 6.28. The lowest BCUT2D eigenvalue weighted by Gasteiger charge is -2.12. The first kappa shape index (κ1) is 25.4. The van der Waals surface area contributed by atoms with Crippen LogP contribution >= 0.6 is 0 Å². The van der Waals surface area contributed by atoms with Gasteiger partial charge in [0, 0.05) is 5.69 Å². The summed E-state index contributed by atoms with van der Waals surface area (Å²) in [6.45, 7) is 2.63. The van der Waals surface area contributed by atoms with Gasteiger partial charge in [-0.15, -0.1) is 0 Å². The molecule has 3 N–H and O–H groups in total. The van der Waals surface area contributed by atoms with Gasteiger partial charge in [0.25, 0.3) is 21.8 Å². The number of hydrogen-bond acceptors (Lipinski definition) is 6. The largest absolute Gasteiger partial charge is 0.452 e. The number of sulfonamides is 1. The van der Waals surface area contributed by atoms with E-state index in [0.29, 0.717) is 11.3 Å². The summed E-state index contributed by atoms with van der Waals surface area (Å²) in [5.41, 5.74) is 5.27. The Hall–Kier alpha value is -4.25. The minimum absolute atomic E-state index is 0.0941. The molecule has 3 aromatic rings. The molecule has 0 aromatic heterocycles. The molecule has 182 valence electrons. The zero-order valence-electron chi connectivity index (χ0n) is 18.8. The highest BCUT2D eigenvalue weighted by Gasteiger charge is 2.21. The van der Waals surface area contributed by atoms with Crippen molar-refractivity contribution >= 4 is 33.5 Å². The highest BCUT2D eigenvalue weighted by Crippen LogP contribution is 2.22. The third-order valence-electron chi connectivity index (χ3n) is 4.75. The first-order chi connectivity index (χ1) is 16.6. The number of hydrogen-bond donors (Lipinski definition) is 3. The van der Waals surface area contributed by atoms with Gasteiger partial charge in [0.05, 0.1) is 16.0 Å². The Balaban J connectivity index is 1.61. The number of hydrazine groups is 1. The SMILES string of the molecule is Cc1cccc(NS(=O)(=O)c2cc(C(=O)OCC(=O)NNC(=O)c3ccccc3F)ccc2C)c1. The van der Waals surface area contributed by atoms with Crippen molar-refractivity contribution in [3.8, 4) is 0 Å². The number of carbonyl (C=O) groups excluding carboxylic acids is 3. The average Bonchev–Trinajstić information content (AvgIpc) is 2.81. The van der Waals surface area contributed by atoms with Gasteiger partial charge in [0.1, 0.15) is 5.82 Å². The summed E-state index contributed by atoms with van der Waals surface area (Å²) < 4.78 is 46.7. The molecule has 0 radical (unpaired) electrons. The summed E-state index contributed by atoms with van der Waals surface area (Å²) in [6.07, 6.45) is 0. The van der Waals surface area contributed by atoms with Crippen LogP contribution in [-0.4, -0.2) is 32.8 Å². The van der Waals surface area contributed by atoms with Crippen LogP contribution in [0.5, 0.6) is 0 Å². The molecule has 0 saturated carbocycles. The molecule has 35 heavy (non-hydrogen) atoms. The molecular formula is C24H22FN3O6S. The van der Waals surface area contributed by atoms with Crippen LogP contribution in [0, 0.1) is 19.7 Å². The molecule has 3 aromatic carbocycles. The number of nitrogens with one attached hydrogen (secondary N) is 3. The summed E-state index contributed by atoms with van der Waals surface area (Å²) in [4.78, 5) is 36.1. The number of benzene rings is 3. The Bertz CT molecular complexity index is 1390. The highest BCUT2D eigenvalue weighted by molar-refractivity contribution is 7.92. The number of halogens is 1. The third kappa shape index (κ3) is 6.64. The van der Waals surface area contributed by atoms with E-state index in [4.69, 9.17) is 4.74 Å². The van der Waals surface area contributed by atoms with Gasteiger partial charge in [-0.3, -0.25) is 25.2 Å². The van der Waals surface area contributed by atoms with Crippen LogP contribution in [0.3, 0.4) is 0 Å². The van der Waals surface area contributed by atoms with Crippen molar-refractivity contribution in [2.75, 3.05) is 11.3 Å². The van der Waals surface area contributed by atoms with E-state index in [1.807, 2.05) is 23.8 Å². The zero-order chi connectivity index (χ0) is 25.6. The number of ether oxygens (including phenoxy) is 1. The highest BCUT2D eigenvalue weighted by atomic mass is 32.2. The first-order valence-electron chi connectivity index (χ1n) is 10.3. The van der Waals surface area contributed by atoms with Gasteiger partial charge in [0.15, 0.2) is 6.61 Å². The van der Waals surface area contributed by atoms with E-state index < -0.39 is 40.2 Å². The van der Waals surface area contributed by atoms with Crippen LogP contribution < -0.4 is 15.6 Å². The van der Waals surface area contributed by atoms with Crippen molar-refractivity contribution in [1.82, 2.24) is 10.9 Å². The first-order valence-corrected chi connectivity index (χ1v) is 11.8. The van der Waals surface area contributed by atoms with E-state index >= 15 is 0 Å². The van der Waals surface area contributed by atoms with Crippen molar-refractivity contribution < 1.29 is 31.9 Å². The summed E-state index contributed by atoms with van der Waals surface area (Å²) in [5, 5.41) is 0. The number of carbonyl (C=O) groups is 3. The van der Waals surface area contributed by atoms with Crippen molar-refractivity contribution in [1.29, 1.82) is 0 Å². The lowest BCUT2D eigenvalue weighted by Crippen LogP contribution is -2.43. The summed E-state index contributed by atoms with van der Waals surface area (Å²) >= 11 is 0. The molecule has 2 amide bonds. The maximum atomic E-state index is 13.6. The predicted molar refractivity (Wildman–Crippen MR) is 125 cm³/mol. The van der Waals surface area contributed by atoms with E-state index in [9.17, 15) is 27.2 Å². The monoisotopic (exact) mass is 499 g/mol. The molecule has 0 saturated heterocycles. The number of anilines is 1. The molecule has 0 fully saturated rings. The molecule has 9 nitrogen and oxygen atoms in total. The fourth-order valence-electron chi connectivity index (χ4n) is 3.02. The number of esters is 1. The second-order valence-electron chi connectivity index (χ2n) is 7.51. The van der Waals surface area contributed by atoms with Crippen LogP contribution in [-0.2, 0) is 19.6 Å². The number of amides is 2. The lowest BCUT2D eigenvalue weighted by molar-refractivity contribution is -0.125. The molecule has 0 atom stereocenters. The molecule has 0 spiro atoms. The van der Waals surface area contributed by atoms with Crippen LogP contribution in [0.4, 0.5) is 10.1 Å². The van der Waals surface area contributed by atoms with Crippen molar-refractivity contribution in [3.05, 3.63) is 94.8 Å². The molecule has 0 unspecified atom stereocenters. The fraction of sp³-hybridized carbons (Fsp3) is 0.125. The minimum Gasteiger partial charge on any atom is -0.452 e. The fourth-order valence-corrected chi connectivity index (χ4v) is 4.35. The van der Waals surface area contributed by atoms with Gasteiger partial charge in [-0.25, -0.2) is 17.6 Å². The van der Waals surface area contributed by atoms with Crippen LogP contribution in [0.1, 0.15) is 31.8 Å². The second-order valence-corrected chi connectivity index (χ2v) is 9.16. The Morgan fingerprint density at radius 1 is 0.914 bits per heavy atom. The van der Waals surface area contributed by atoms with Crippen molar-refractivity contribution in [2.24, 2.45) is 0 Å². The molecule has 0 bridgehead atoms. The van der Waals surface area contributed by atoms with E-state index in [-0.39, 0.29) is 16.0 Å². The summed E-state index contributed by atoms with van der Waals surface area (Å²) in [5.74, 6) is -3.50. The summed E-state index contributed by atoms with van der Waals surface area (Å²) in [7, 11) is -4.01. The Morgan fingerprint density at radius 2 is 1.66 bits per heavy atom. The normalized spacial score (nSPS) is 10.8. The van der Waals surface area contributed by atoms with Crippen LogP contribution in [0.25, 0.3) is 0 Å². The predicted octanol–water partition coefficient (Wildman–Crippen LogP) is 2.86. The summed E-state index contributed by atoms with van der Waals surface area (Å²) in [6, 6.07) is 15.9. The zero-order valence-corrected chi connectivity index (χ0v) is 19.6. The van der Waals surface area contributed by atoms with E-state index in [0.717, 1.165) is 17.7 Å². The molecule has 0 aliphatic rings. The number of rotatable bonds is 7. The Morgan fingerprint density at radius 3 is 2.37 bits per heavy atom. The van der Waals surface area contributed by atoms with Gasteiger partial charge in [0.2, 0.25) is 0 Å². The average molecular weight is 500 g/mol. The molecule has 0 heterocycles. The van der Waals surface area contributed by atoms with Gasteiger partial charge in [-0.1, -0.05) is 30.3 Å². The molecule has 0 aliphatic carbocycles. The molecule has 3 rings (SSSR count). The van der Waals surface area contributed by atoms with Gasteiger partial charge >= 0.3 is 5.97 Å².